The van der Waals surface area contributed by atoms with Crippen LogP contribution in [-0.4, -0.2) is 42.0 Å². The number of aliphatic hydroxyl groups is 1. The monoisotopic (exact) mass is 437 g/mol. The number of nitrogens with zero attached hydrogens (tertiary/aromatic N) is 1. The third kappa shape index (κ3) is 2.70. The van der Waals surface area contributed by atoms with Gasteiger partial charge in [-0.05, 0) is 63.1 Å². The van der Waals surface area contributed by atoms with Gasteiger partial charge in [0.1, 0.15) is 5.67 Å². The third-order valence-corrected chi connectivity index (χ3v) is 7.97. The van der Waals surface area contributed by atoms with Crippen LogP contribution in [0, 0.1) is 10.8 Å². The van der Waals surface area contributed by atoms with Crippen LogP contribution in [0.15, 0.2) is 28.7 Å². The number of hydrogen-bond donors (Lipinski definition) is 1. The smallest absolute Gasteiger partial charge is 0.233 e. The molecule has 0 atom stereocenters. The highest BCUT2D eigenvalue weighted by Crippen LogP contribution is 2.70. The van der Waals surface area contributed by atoms with Gasteiger partial charge in [0.05, 0.1) is 30.8 Å². The molecule has 4 aliphatic carbocycles. The fourth-order valence-electron chi connectivity index (χ4n) is 5.63. The molecule has 2 saturated heterocycles. The molecule has 0 spiro atoms. The van der Waals surface area contributed by atoms with Gasteiger partial charge < -0.3 is 14.7 Å². The van der Waals surface area contributed by atoms with E-state index in [1.54, 1.807) is 0 Å². The van der Waals surface area contributed by atoms with Crippen LogP contribution in [0.4, 0.5) is 10.1 Å². The molecule has 1 N–H and O–H groups in total. The summed E-state index contributed by atoms with van der Waals surface area (Å²) in [5.41, 5.74) is -1.21. The summed E-state index contributed by atoms with van der Waals surface area (Å²) < 4.78 is 21.2. The first-order valence-corrected chi connectivity index (χ1v) is 10.6. The van der Waals surface area contributed by atoms with Gasteiger partial charge in [0.2, 0.25) is 5.91 Å². The fourth-order valence-corrected chi connectivity index (χ4v) is 6.02. The van der Waals surface area contributed by atoms with Gasteiger partial charge >= 0.3 is 0 Å². The Morgan fingerprint density at radius 1 is 1.22 bits per heavy atom. The van der Waals surface area contributed by atoms with Gasteiger partial charge in [0, 0.05) is 15.6 Å². The molecular formula is C21H25BrFNO3. The van der Waals surface area contributed by atoms with Crippen LogP contribution in [0.3, 0.4) is 0 Å². The average Bonchev–Trinajstić information content (AvgIpc) is 2.64. The van der Waals surface area contributed by atoms with E-state index in [9.17, 15) is 14.3 Å². The molecule has 146 valence electrons. The largest absolute Gasteiger partial charge is 0.396 e. The third-order valence-electron chi connectivity index (χ3n) is 7.47. The van der Waals surface area contributed by atoms with Crippen molar-refractivity contribution in [3.8, 4) is 0 Å². The van der Waals surface area contributed by atoms with Crippen molar-refractivity contribution >= 4 is 27.5 Å². The Balaban J connectivity index is 1.42. The van der Waals surface area contributed by atoms with E-state index < -0.39 is 11.1 Å². The SMILES string of the molecule is O=C(N(CC12CCC(CO)(CC1)CO2)c1cccc(Br)c1)C12CC(F)(C1)C2. The Hall–Kier alpha value is -0.980. The molecule has 0 unspecified atom stereocenters. The van der Waals surface area contributed by atoms with E-state index in [-0.39, 0.29) is 23.5 Å². The Morgan fingerprint density at radius 3 is 2.44 bits per heavy atom. The summed E-state index contributed by atoms with van der Waals surface area (Å²) in [6, 6.07) is 7.76. The molecule has 1 aromatic rings. The Morgan fingerprint density at radius 2 is 1.93 bits per heavy atom. The second-order valence-corrected chi connectivity index (χ2v) is 10.4. The lowest BCUT2D eigenvalue weighted by molar-refractivity contribution is -0.214. The molecule has 2 heterocycles. The summed E-state index contributed by atoms with van der Waals surface area (Å²) in [7, 11) is 0. The van der Waals surface area contributed by atoms with Gasteiger partial charge in [-0.3, -0.25) is 4.79 Å². The van der Waals surface area contributed by atoms with Gasteiger partial charge in [-0.25, -0.2) is 4.39 Å². The molecule has 6 fully saturated rings. The van der Waals surface area contributed by atoms with Crippen LogP contribution >= 0.6 is 15.9 Å². The van der Waals surface area contributed by atoms with E-state index in [0.717, 1.165) is 35.8 Å². The van der Waals surface area contributed by atoms with Crippen LogP contribution in [0.25, 0.3) is 0 Å². The fraction of sp³-hybridized carbons (Fsp3) is 0.667. The molecule has 1 amide bonds. The van der Waals surface area contributed by atoms with E-state index >= 15 is 0 Å². The summed E-state index contributed by atoms with van der Waals surface area (Å²) in [6.07, 6.45) is 4.67. The van der Waals surface area contributed by atoms with Crippen molar-refractivity contribution < 1.29 is 19.0 Å². The number of carbonyl (C=O) groups excluding carboxylic acids is 1. The second kappa shape index (κ2) is 5.77. The molecule has 4 bridgehead atoms. The first-order chi connectivity index (χ1) is 12.8. The van der Waals surface area contributed by atoms with Gasteiger partial charge in [0.25, 0.3) is 0 Å². The Kier molecular flexibility index (Phi) is 3.86. The molecule has 6 heteroatoms. The number of anilines is 1. The number of rotatable bonds is 5. The molecule has 0 aromatic heterocycles. The van der Waals surface area contributed by atoms with Gasteiger partial charge in [-0.1, -0.05) is 22.0 Å². The lowest BCUT2D eigenvalue weighted by atomic mass is 9.42. The number of aliphatic hydroxyl groups excluding tert-OH is 1. The zero-order chi connectivity index (χ0) is 18.9. The molecule has 4 saturated carbocycles. The van der Waals surface area contributed by atoms with Crippen LogP contribution < -0.4 is 4.90 Å². The van der Waals surface area contributed by atoms with Crippen molar-refractivity contribution in [2.45, 2.75) is 56.2 Å². The molecule has 2 aliphatic heterocycles. The maximum atomic E-state index is 14.1. The van der Waals surface area contributed by atoms with Crippen LogP contribution in [0.2, 0.25) is 0 Å². The van der Waals surface area contributed by atoms with Crippen LogP contribution in [0.5, 0.6) is 0 Å². The topological polar surface area (TPSA) is 49.8 Å². The van der Waals surface area contributed by atoms with Crippen molar-refractivity contribution in [2.75, 3.05) is 24.7 Å². The van der Waals surface area contributed by atoms with E-state index in [4.69, 9.17) is 4.74 Å². The van der Waals surface area contributed by atoms with Crippen LogP contribution in [0.1, 0.15) is 44.9 Å². The number of benzene rings is 1. The minimum absolute atomic E-state index is 0.0441. The minimum Gasteiger partial charge on any atom is -0.396 e. The standard InChI is InChI=1S/C21H25BrFNO3/c22-15-2-1-3-16(8-15)24(17(26)19-9-20(23,10-19)11-19)12-21-6-4-18(13-25,5-7-21)14-27-21/h1-3,8,25H,4-7,9-14H2. The highest BCUT2D eigenvalue weighted by Gasteiger charge is 2.73. The number of hydrogen-bond acceptors (Lipinski definition) is 3. The predicted molar refractivity (Wildman–Crippen MR) is 103 cm³/mol. The molecule has 1 aromatic carbocycles. The molecule has 7 rings (SSSR count). The van der Waals surface area contributed by atoms with Crippen molar-refractivity contribution in [1.82, 2.24) is 0 Å². The van der Waals surface area contributed by atoms with Gasteiger partial charge in [0.15, 0.2) is 0 Å². The molecular weight excluding hydrogens is 413 g/mol. The number of ether oxygens (including phenoxy) is 1. The zero-order valence-electron chi connectivity index (χ0n) is 15.3. The predicted octanol–water partition coefficient (Wildman–Crippen LogP) is 4.00. The van der Waals surface area contributed by atoms with E-state index in [1.807, 2.05) is 29.2 Å². The van der Waals surface area contributed by atoms with Crippen molar-refractivity contribution in [3.63, 3.8) is 0 Å². The summed E-state index contributed by atoms with van der Waals surface area (Å²) in [4.78, 5) is 15.3. The quantitative estimate of drug-likeness (QED) is 0.757. The highest BCUT2D eigenvalue weighted by molar-refractivity contribution is 9.10. The number of amides is 1. The molecule has 0 radical (unpaired) electrons. The number of alkyl halides is 1. The first kappa shape index (κ1) is 18.1. The Bertz CT molecular complexity index is 753. The van der Waals surface area contributed by atoms with Gasteiger partial charge in [-0.15, -0.1) is 0 Å². The molecule has 6 aliphatic rings. The number of fused-ring (bicyclic) bond motifs is 3. The normalized spacial score (nSPS) is 41.6. The average molecular weight is 438 g/mol. The summed E-state index contributed by atoms with van der Waals surface area (Å²) in [6.45, 7) is 1.23. The van der Waals surface area contributed by atoms with Gasteiger partial charge in [-0.2, -0.15) is 0 Å². The van der Waals surface area contributed by atoms with Crippen molar-refractivity contribution in [3.05, 3.63) is 28.7 Å². The van der Waals surface area contributed by atoms with E-state index in [1.165, 1.54) is 0 Å². The van der Waals surface area contributed by atoms with Crippen molar-refractivity contribution in [2.24, 2.45) is 10.8 Å². The first-order valence-electron chi connectivity index (χ1n) is 9.82. The zero-order valence-corrected chi connectivity index (χ0v) is 16.9. The summed E-state index contributed by atoms with van der Waals surface area (Å²) in [5.74, 6) is 0.0441. The van der Waals surface area contributed by atoms with E-state index in [2.05, 4.69) is 15.9 Å². The Labute approximate surface area is 167 Å². The molecule has 27 heavy (non-hydrogen) atoms. The number of carbonyl (C=O) groups is 1. The summed E-state index contributed by atoms with van der Waals surface area (Å²) >= 11 is 3.50. The van der Waals surface area contributed by atoms with Crippen LogP contribution in [-0.2, 0) is 9.53 Å². The number of halogens is 2. The minimum atomic E-state index is -1.09. The van der Waals surface area contributed by atoms with Crippen molar-refractivity contribution in [1.29, 1.82) is 0 Å². The maximum absolute atomic E-state index is 14.1. The lowest BCUT2D eigenvalue weighted by Gasteiger charge is -2.65. The maximum Gasteiger partial charge on any atom is 0.233 e. The molecule has 4 nitrogen and oxygen atoms in total. The highest BCUT2D eigenvalue weighted by atomic mass is 79.9. The van der Waals surface area contributed by atoms with E-state index in [0.29, 0.717) is 32.4 Å². The lowest BCUT2D eigenvalue weighted by Crippen LogP contribution is -2.71. The summed E-state index contributed by atoms with van der Waals surface area (Å²) in [5, 5.41) is 9.72. The second-order valence-electron chi connectivity index (χ2n) is 9.46.